The van der Waals surface area contributed by atoms with Crippen LogP contribution < -0.4 is 0 Å². The van der Waals surface area contributed by atoms with Gasteiger partial charge in [-0.05, 0) is 79.7 Å². The first-order chi connectivity index (χ1) is 20.3. The molecule has 7 heteroatoms. The van der Waals surface area contributed by atoms with Gasteiger partial charge in [0, 0.05) is 36.3 Å². The number of hydrogen-bond acceptors (Lipinski definition) is 6. The molecule has 1 fully saturated rings. The molecule has 1 saturated heterocycles. The van der Waals surface area contributed by atoms with Gasteiger partial charge >= 0.3 is 0 Å². The summed E-state index contributed by atoms with van der Waals surface area (Å²) in [6.45, 7) is 6.90. The Balaban J connectivity index is 1.36. The van der Waals surface area contributed by atoms with Crippen LogP contribution in [0.15, 0.2) is 83.3 Å². The van der Waals surface area contributed by atoms with Gasteiger partial charge in [0.25, 0.3) is 5.91 Å². The number of likely N-dealkylation sites (tertiary alicyclic amines) is 1. The standard InChI is InChI=1S/C35H41N3O3S/c1-25-20-26(2)22-27(21-25)34(39)37(3)23-32(36-41-4)29(31-24-42-33-13-9-8-12-30(31)33)14-17-38-18-15-35(40,16-19-38)28-10-6-5-7-11-28/h5-13,20-22,24,29,40H,14-19,23H2,1-4H3/b36-32+. The van der Waals surface area contributed by atoms with Gasteiger partial charge in [-0.1, -0.05) is 70.9 Å². The van der Waals surface area contributed by atoms with Gasteiger partial charge < -0.3 is 19.7 Å². The van der Waals surface area contributed by atoms with Gasteiger partial charge in [0.15, 0.2) is 0 Å². The van der Waals surface area contributed by atoms with Crippen LogP contribution in [-0.2, 0) is 10.4 Å². The number of carbonyl (C=O) groups excluding carboxylic acids is 1. The molecule has 3 aromatic carbocycles. The van der Waals surface area contributed by atoms with E-state index in [1.807, 2.05) is 63.4 Å². The molecule has 1 amide bonds. The molecule has 0 saturated carbocycles. The fourth-order valence-corrected chi connectivity index (χ4v) is 7.23. The Labute approximate surface area is 253 Å². The van der Waals surface area contributed by atoms with Crippen LogP contribution in [0.4, 0.5) is 0 Å². The lowest BCUT2D eigenvalue weighted by molar-refractivity contribution is -0.0261. The van der Waals surface area contributed by atoms with Gasteiger partial charge in [-0.2, -0.15) is 0 Å². The quantitative estimate of drug-likeness (QED) is 0.166. The van der Waals surface area contributed by atoms with Crippen LogP contribution >= 0.6 is 11.3 Å². The van der Waals surface area contributed by atoms with Crippen molar-refractivity contribution in [3.63, 3.8) is 0 Å². The van der Waals surface area contributed by atoms with E-state index in [9.17, 15) is 9.90 Å². The monoisotopic (exact) mass is 583 g/mol. The average Bonchev–Trinajstić information content (AvgIpc) is 3.42. The molecule has 1 aliphatic rings. The Hall–Kier alpha value is -3.52. The van der Waals surface area contributed by atoms with Crippen LogP contribution in [0.2, 0.25) is 0 Å². The maximum Gasteiger partial charge on any atom is 0.253 e. The highest BCUT2D eigenvalue weighted by atomic mass is 32.1. The maximum absolute atomic E-state index is 13.5. The molecule has 1 atom stereocenters. The molecule has 1 aromatic heterocycles. The number of fused-ring (bicyclic) bond motifs is 1. The molecule has 0 aliphatic carbocycles. The number of carbonyl (C=O) groups is 1. The topological polar surface area (TPSA) is 65.4 Å². The summed E-state index contributed by atoms with van der Waals surface area (Å²) in [4.78, 5) is 23.1. The van der Waals surface area contributed by atoms with Crippen LogP contribution in [-0.4, -0.2) is 66.9 Å². The fraction of sp³-hybridized carbons (Fsp3) is 0.371. The van der Waals surface area contributed by atoms with Gasteiger partial charge in [0.2, 0.25) is 0 Å². The smallest absolute Gasteiger partial charge is 0.253 e. The van der Waals surface area contributed by atoms with E-state index in [1.165, 1.54) is 15.6 Å². The molecule has 4 aromatic rings. The minimum Gasteiger partial charge on any atom is -0.399 e. The molecule has 5 rings (SSSR count). The average molecular weight is 584 g/mol. The van der Waals surface area contributed by atoms with Crippen LogP contribution in [0, 0.1) is 13.8 Å². The van der Waals surface area contributed by atoms with Crippen LogP contribution in [0.1, 0.15) is 57.8 Å². The van der Waals surface area contributed by atoms with Gasteiger partial charge in [0.1, 0.15) is 7.11 Å². The second-order valence-electron chi connectivity index (χ2n) is 11.6. The van der Waals surface area contributed by atoms with Crippen molar-refractivity contribution in [2.24, 2.45) is 5.16 Å². The number of hydrogen-bond donors (Lipinski definition) is 1. The number of nitrogens with zero attached hydrogens (tertiary/aromatic N) is 3. The van der Waals surface area contributed by atoms with E-state index in [0.29, 0.717) is 24.9 Å². The molecule has 1 N–H and O–H groups in total. The Morgan fingerprint density at radius 3 is 2.40 bits per heavy atom. The number of piperidine rings is 1. The lowest BCUT2D eigenvalue weighted by atomic mass is 9.84. The number of benzene rings is 3. The van der Waals surface area contributed by atoms with Crippen molar-refractivity contribution in [2.75, 3.05) is 40.3 Å². The third kappa shape index (κ3) is 6.75. The van der Waals surface area contributed by atoms with Crippen molar-refractivity contribution >= 4 is 33.0 Å². The Morgan fingerprint density at radius 1 is 1.05 bits per heavy atom. The van der Waals surface area contributed by atoms with E-state index < -0.39 is 5.60 Å². The molecule has 0 bridgehead atoms. The summed E-state index contributed by atoms with van der Waals surface area (Å²) in [5, 5.41) is 19.3. The van der Waals surface area contributed by atoms with Crippen LogP contribution in [0.5, 0.6) is 0 Å². The van der Waals surface area contributed by atoms with Crippen molar-refractivity contribution in [3.8, 4) is 0 Å². The molecule has 2 heterocycles. The van der Waals surface area contributed by atoms with Gasteiger partial charge in [-0.3, -0.25) is 4.79 Å². The summed E-state index contributed by atoms with van der Waals surface area (Å²) in [6, 6.07) is 24.5. The maximum atomic E-state index is 13.5. The summed E-state index contributed by atoms with van der Waals surface area (Å²) in [7, 11) is 3.41. The minimum absolute atomic E-state index is 0.0227. The van der Waals surface area contributed by atoms with Crippen molar-refractivity contribution < 1.29 is 14.7 Å². The SMILES string of the molecule is CO/N=C(\CN(C)C(=O)c1cc(C)cc(C)c1)C(CCN1CCC(O)(c2ccccc2)CC1)c1csc2ccccc12. The zero-order valence-electron chi connectivity index (χ0n) is 25.0. The zero-order valence-corrected chi connectivity index (χ0v) is 25.9. The first-order valence-electron chi connectivity index (χ1n) is 14.7. The van der Waals surface area contributed by atoms with Gasteiger partial charge in [-0.15, -0.1) is 11.3 Å². The van der Waals surface area contributed by atoms with E-state index in [0.717, 1.165) is 48.5 Å². The van der Waals surface area contributed by atoms with Crippen molar-refractivity contribution in [3.05, 3.63) is 106 Å². The van der Waals surface area contributed by atoms with Gasteiger partial charge in [0.05, 0.1) is 17.9 Å². The molecule has 1 unspecified atom stereocenters. The van der Waals surface area contributed by atoms with E-state index in [1.54, 1.807) is 23.3 Å². The molecule has 6 nitrogen and oxygen atoms in total. The Kier molecular flexibility index (Phi) is 9.41. The van der Waals surface area contributed by atoms with Crippen molar-refractivity contribution in [2.45, 2.75) is 44.6 Å². The molecular weight excluding hydrogens is 542 g/mol. The van der Waals surface area contributed by atoms with Gasteiger partial charge in [-0.25, -0.2) is 0 Å². The summed E-state index contributed by atoms with van der Waals surface area (Å²) in [6.07, 6.45) is 2.24. The Bertz CT molecular complexity index is 1520. The minimum atomic E-state index is -0.777. The zero-order chi connectivity index (χ0) is 29.7. The molecule has 0 spiro atoms. The third-order valence-electron chi connectivity index (χ3n) is 8.44. The molecule has 220 valence electrons. The lowest BCUT2D eigenvalue weighted by Crippen LogP contribution is -2.43. The Morgan fingerprint density at radius 2 is 1.71 bits per heavy atom. The molecule has 0 radical (unpaired) electrons. The number of oxime groups is 1. The number of aliphatic hydroxyl groups is 1. The predicted molar refractivity (Wildman–Crippen MR) is 173 cm³/mol. The number of thiophene rings is 1. The summed E-state index contributed by atoms with van der Waals surface area (Å²) >= 11 is 1.74. The second kappa shape index (κ2) is 13.2. The summed E-state index contributed by atoms with van der Waals surface area (Å²) < 4.78 is 1.24. The number of amides is 1. The molecule has 1 aliphatic heterocycles. The first-order valence-corrected chi connectivity index (χ1v) is 15.6. The molecule has 42 heavy (non-hydrogen) atoms. The highest BCUT2D eigenvalue weighted by Gasteiger charge is 2.34. The first kappa shape index (κ1) is 30.0. The largest absolute Gasteiger partial charge is 0.399 e. The van der Waals surface area contributed by atoms with E-state index in [4.69, 9.17) is 4.84 Å². The number of aryl methyl sites for hydroxylation is 2. The normalized spacial score (nSPS) is 16.4. The van der Waals surface area contributed by atoms with Crippen LogP contribution in [0.25, 0.3) is 10.1 Å². The third-order valence-corrected chi connectivity index (χ3v) is 9.42. The lowest BCUT2D eigenvalue weighted by Gasteiger charge is -2.39. The summed E-state index contributed by atoms with van der Waals surface area (Å²) in [5.74, 6) is -0.0544. The predicted octanol–water partition coefficient (Wildman–Crippen LogP) is 6.75. The van der Waals surface area contributed by atoms with Crippen LogP contribution in [0.3, 0.4) is 0 Å². The van der Waals surface area contributed by atoms with Crippen molar-refractivity contribution in [1.29, 1.82) is 0 Å². The van der Waals surface area contributed by atoms with Crippen molar-refractivity contribution in [1.82, 2.24) is 9.80 Å². The van der Waals surface area contributed by atoms with E-state index in [-0.39, 0.29) is 11.8 Å². The number of rotatable bonds is 10. The highest BCUT2D eigenvalue weighted by Crippen LogP contribution is 2.36. The summed E-state index contributed by atoms with van der Waals surface area (Å²) in [5.41, 5.74) is 5.10. The van der Waals surface area contributed by atoms with E-state index in [2.05, 4.69) is 45.8 Å². The molecular formula is C35H41N3O3S. The fourth-order valence-electron chi connectivity index (χ4n) is 6.22. The second-order valence-corrected chi connectivity index (χ2v) is 12.5. The van der Waals surface area contributed by atoms with E-state index >= 15 is 0 Å². The highest BCUT2D eigenvalue weighted by molar-refractivity contribution is 7.17.